The van der Waals surface area contributed by atoms with Crippen LogP contribution in [0.4, 0.5) is 5.82 Å². The van der Waals surface area contributed by atoms with E-state index < -0.39 is 0 Å². The van der Waals surface area contributed by atoms with E-state index in [9.17, 15) is 0 Å². The van der Waals surface area contributed by atoms with Crippen molar-refractivity contribution in [3.63, 3.8) is 0 Å². The Bertz CT molecular complexity index is 602. The first-order valence-electron chi connectivity index (χ1n) is 8.01. The fourth-order valence-electron chi connectivity index (χ4n) is 2.52. The van der Waals surface area contributed by atoms with Crippen LogP contribution in [-0.2, 0) is 11.3 Å². The van der Waals surface area contributed by atoms with E-state index in [1.54, 1.807) is 6.20 Å². The molecule has 124 valence electrons. The second-order valence-electron chi connectivity index (χ2n) is 6.03. The minimum absolute atomic E-state index is 0.116. The Kier molecular flexibility index (Phi) is 5.19. The molecule has 2 aromatic heterocycles. The molecule has 1 fully saturated rings. The van der Waals surface area contributed by atoms with E-state index in [-0.39, 0.29) is 6.10 Å². The molecule has 7 nitrogen and oxygen atoms in total. The monoisotopic (exact) mass is 317 g/mol. The zero-order valence-electron chi connectivity index (χ0n) is 13.6. The third-order valence-corrected chi connectivity index (χ3v) is 3.81. The molecule has 1 saturated heterocycles. The summed E-state index contributed by atoms with van der Waals surface area (Å²) in [7, 11) is 0. The molecule has 0 bridgehead atoms. The van der Waals surface area contributed by atoms with E-state index in [1.807, 2.05) is 18.3 Å². The van der Waals surface area contributed by atoms with Crippen LogP contribution in [0, 0.1) is 0 Å². The second-order valence-corrected chi connectivity index (χ2v) is 6.03. The Morgan fingerprint density at radius 2 is 2.35 bits per heavy atom. The van der Waals surface area contributed by atoms with Gasteiger partial charge in [0, 0.05) is 31.7 Å². The van der Waals surface area contributed by atoms with Gasteiger partial charge in [-0.05, 0) is 12.1 Å². The summed E-state index contributed by atoms with van der Waals surface area (Å²) in [6.45, 7) is 8.08. The van der Waals surface area contributed by atoms with Gasteiger partial charge in [0.2, 0.25) is 5.89 Å². The molecule has 0 radical (unpaired) electrons. The first-order valence-corrected chi connectivity index (χ1v) is 8.01. The first-order chi connectivity index (χ1) is 11.2. The van der Waals surface area contributed by atoms with Crippen molar-refractivity contribution in [3.05, 3.63) is 36.2 Å². The molecule has 23 heavy (non-hydrogen) atoms. The predicted molar refractivity (Wildman–Crippen MR) is 86.1 cm³/mol. The highest BCUT2D eigenvalue weighted by molar-refractivity contribution is 5.31. The summed E-state index contributed by atoms with van der Waals surface area (Å²) >= 11 is 0. The Labute approximate surface area is 136 Å². The zero-order chi connectivity index (χ0) is 16.1. The number of rotatable bonds is 6. The van der Waals surface area contributed by atoms with Crippen molar-refractivity contribution < 1.29 is 9.15 Å². The van der Waals surface area contributed by atoms with Gasteiger partial charge in [0.1, 0.15) is 11.6 Å². The minimum Gasteiger partial charge on any atom is -0.444 e. The summed E-state index contributed by atoms with van der Waals surface area (Å²) < 4.78 is 11.6. The molecule has 1 atom stereocenters. The fourth-order valence-corrected chi connectivity index (χ4v) is 2.52. The molecule has 3 rings (SSSR count). The highest BCUT2D eigenvalue weighted by Gasteiger charge is 2.22. The summed E-state index contributed by atoms with van der Waals surface area (Å²) in [6, 6.07) is 3.76. The Balaban J connectivity index is 1.49. The van der Waals surface area contributed by atoms with E-state index in [1.165, 1.54) is 0 Å². The van der Waals surface area contributed by atoms with Crippen LogP contribution in [0.3, 0.4) is 0 Å². The lowest BCUT2D eigenvalue weighted by Gasteiger charge is -2.32. The summed E-state index contributed by atoms with van der Waals surface area (Å²) in [5.74, 6) is 2.85. The number of nitrogens with zero attached hydrogens (tertiary/aromatic N) is 4. The largest absolute Gasteiger partial charge is 0.444 e. The number of hydrogen-bond donors (Lipinski definition) is 1. The molecular formula is C16H23N5O2. The molecule has 2 aromatic rings. The van der Waals surface area contributed by atoms with E-state index in [0.29, 0.717) is 19.1 Å². The molecule has 0 amide bonds. The lowest BCUT2D eigenvalue weighted by molar-refractivity contribution is -0.0265. The fraction of sp³-hybridized carbons (Fsp3) is 0.562. The van der Waals surface area contributed by atoms with Crippen molar-refractivity contribution in [1.82, 2.24) is 20.1 Å². The van der Waals surface area contributed by atoms with Gasteiger partial charge < -0.3 is 14.5 Å². The van der Waals surface area contributed by atoms with Crippen LogP contribution in [0.2, 0.25) is 0 Å². The van der Waals surface area contributed by atoms with Gasteiger partial charge in [-0.1, -0.05) is 13.8 Å². The topological polar surface area (TPSA) is 76.3 Å². The van der Waals surface area contributed by atoms with Gasteiger partial charge in [0.25, 0.3) is 0 Å². The van der Waals surface area contributed by atoms with Gasteiger partial charge in [0.15, 0.2) is 0 Å². The van der Waals surface area contributed by atoms with Crippen LogP contribution in [-0.4, -0.2) is 52.4 Å². The third kappa shape index (κ3) is 4.49. The van der Waals surface area contributed by atoms with Crippen molar-refractivity contribution in [2.75, 3.05) is 31.6 Å². The SMILES string of the molecule is CC(C)c1cnc(CN2CCOC(CNc3cccnn3)C2)o1. The average Bonchev–Trinajstić information content (AvgIpc) is 3.03. The maximum Gasteiger partial charge on any atom is 0.208 e. The standard InChI is InChI=1S/C16H23N5O2/c1-12(2)14-9-18-16(23-14)11-21-6-7-22-13(10-21)8-17-15-4-3-5-19-20-15/h3-5,9,12-13H,6-8,10-11H2,1-2H3,(H,17,20). The van der Waals surface area contributed by atoms with Crippen LogP contribution in [0.5, 0.6) is 0 Å². The zero-order valence-corrected chi connectivity index (χ0v) is 13.6. The molecule has 1 aliphatic heterocycles. The van der Waals surface area contributed by atoms with E-state index in [2.05, 4.69) is 39.2 Å². The van der Waals surface area contributed by atoms with E-state index in [4.69, 9.17) is 9.15 Å². The summed E-state index contributed by atoms with van der Waals surface area (Å²) in [5, 5.41) is 11.1. The number of nitrogens with one attached hydrogen (secondary N) is 1. The highest BCUT2D eigenvalue weighted by Crippen LogP contribution is 2.17. The number of oxazole rings is 1. The summed E-state index contributed by atoms with van der Waals surface area (Å²) in [6.07, 6.45) is 3.60. The van der Waals surface area contributed by atoms with Gasteiger partial charge in [-0.15, -0.1) is 5.10 Å². The lowest BCUT2D eigenvalue weighted by Crippen LogP contribution is -2.44. The van der Waals surface area contributed by atoms with Crippen LogP contribution in [0.1, 0.15) is 31.4 Å². The molecule has 7 heteroatoms. The lowest BCUT2D eigenvalue weighted by atomic mass is 10.2. The van der Waals surface area contributed by atoms with Gasteiger partial charge in [0.05, 0.1) is 25.5 Å². The van der Waals surface area contributed by atoms with E-state index >= 15 is 0 Å². The van der Waals surface area contributed by atoms with Crippen LogP contribution >= 0.6 is 0 Å². The molecule has 0 aliphatic carbocycles. The minimum atomic E-state index is 0.116. The van der Waals surface area contributed by atoms with Crippen molar-refractivity contribution >= 4 is 5.82 Å². The molecule has 1 aliphatic rings. The first kappa shape index (κ1) is 15.9. The molecule has 0 aromatic carbocycles. The normalized spacial score (nSPS) is 19.2. The second kappa shape index (κ2) is 7.52. The maximum atomic E-state index is 5.81. The van der Waals surface area contributed by atoms with E-state index in [0.717, 1.165) is 37.1 Å². The maximum absolute atomic E-state index is 5.81. The molecule has 0 spiro atoms. The Morgan fingerprint density at radius 3 is 3.09 bits per heavy atom. The Morgan fingerprint density at radius 1 is 1.43 bits per heavy atom. The predicted octanol–water partition coefficient (Wildman–Crippen LogP) is 1.90. The molecule has 1 unspecified atom stereocenters. The van der Waals surface area contributed by atoms with Crippen molar-refractivity contribution in [2.45, 2.75) is 32.4 Å². The van der Waals surface area contributed by atoms with Crippen LogP contribution < -0.4 is 5.32 Å². The van der Waals surface area contributed by atoms with Gasteiger partial charge in [-0.2, -0.15) is 5.10 Å². The van der Waals surface area contributed by atoms with Gasteiger partial charge in [-0.25, -0.2) is 4.98 Å². The highest BCUT2D eigenvalue weighted by atomic mass is 16.5. The number of anilines is 1. The summed E-state index contributed by atoms with van der Waals surface area (Å²) in [5.41, 5.74) is 0. The molecular weight excluding hydrogens is 294 g/mol. The average molecular weight is 317 g/mol. The quantitative estimate of drug-likeness (QED) is 0.872. The number of hydrogen-bond acceptors (Lipinski definition) is 7. The van der Waals surface area contributed by atoms with Gasteiger partial charge in [-0.3, -0.25) is 4.90 Å². The van der Waals surface area contributed by atoms with Crippen LogP contribution in [0.25, 0.3) is 0 Å². The smallest absolute Gasteiger partial charge is 0.208 e. The molecule has 1 N–H and O–H groups in total. The van der Waals surface area contributed by atoms with Crippen molar-refractivity contribution in [1.29, 1.82) is 0 Å². The Hall–Kier alpha value is -1.99. The van der Waals surface area contributed by atoms with Crippen LogP contribution in [0.15, 0.2) is 28.9 Å². The number of morpholine rings is 1. The van der Waals surface area contributed by atoms with Crippen molar-refractivity contribution in [3.8, 4) is 0 Å². The molecule has 3 heterocycles. The number of ether oxygens (including phenoxy) is 1. The third-order valence-electron chi connectivity index (χ3n) is 3.81. The van der Waals surface area contributed by atoms with Crippen molar-refractivity contribution in [2.24, 2.45) is 0 Å². The van der Waals surface area contributed by atoms with Gasteiger partial charge >= 0.3 is 0 Å². The summed E-state index contributed by atoms with van der Waals surface area (Å²) in [4.78, 5) is 6.68. The molecule has 0 saturated carbocycles. The number of aromatic nitrogens is 3.